The second kappa shape index (κ2) is 5.03. The molecule has 0 saturated heterocycles. The lowest BCUT2D eigenvalue weighted by atomic mass is 10.2. The Morgan fingerprint density at radius 3 is 2.44 bits per heavy atom. The van der Waals surface area contributed by atoms with E-state index in [1.807, 2.05) is 0 Å². The Balaban J connectivity index is 2.87. The Hall–Kier alpha value is -2.11. The third kappa shape index (κ3) is 4.04. The summed E-state index contributed by atoms with van der Waals surface area (Å²) in [5.41, 5.74) is -0.197. The number of carbonyl (C=O) groups is 1. The number of aryl methyl sites for hydroxylation is 1. The van der Waals surface area contributed by atoms with Crippen LogP contribution in [0.25, 0.3) is 0 Å². The van der Waals surface area contributed by atoms with Crippen molar-refractivity contribution in [3.63, 3.8) is 0 Å². The van der Waals surface area contributed by atoms with Crippen LogP contribution in [0.4, 0.5) is 10.5 Å². The summed E-state index contributed by atoms with van der Waals surface area (Å²) in [6.45, 7) is 6.79. The molecule has 0 radical (unpaired) electrons. The van der Waals surface area contributed by atoms with Gasteiger partial charge >= 0.3 is 6.16 Å². The molecule has 6 heteroatoms. The van der Waals surface area contributed by atoms with Gasteiger partial charge in [0.25, 0.3) is 5.69 Å². The zero-order chi connectivity index (χ0) is 13.9. The maximum Gasteiger partial charge on any atom is 0.514 e. The van der Waals surface area contributed by atoms with Gasteiger partial charge in [-0.25, -0.2) is 4.79 Å². The summed E-state index contributed by atoms with van der Waals surface area (Å²) in [6.07, 6.45) is -0.883. The number of non-ortho nitro benzene ring substituents is 1. The number of nitrogens with zero attached hydrogens (tertiary/aromatic N) is 1. The summed E-state index contributed by atoms with van der Waals surface area (Å²) in [5, 5.41) is 10.6. The fraction of sp³-hybridized carbons (Fsp3) is 0.417. The zero-order valence-electron chi connectivity index (χ0n) is 10.7. The molecule has 98 valence electrons. The van der Waals surface area contributed by atoms with E-state index in [9.17, 15) is 14.9 Å². The predicted molar refractivity (Wildman–Crippen MR) is 64.7 cm³/mol. The molecule has 0 saturated carbocycles. The SMILES string of the molecule is Cc1ccc([N+](=O)[O-])cc1OC(=O)OC(C)(C)C. The van der Waals surface area contributed by atoms with Gasteiger partial charge < -0.3 is 9.47 Å². The highest BCUT2D eigenvalue weighted by atomic mass is 16.7. The van der Waals surface area contributed by atoms with Crippen LogP contribution in [-0.4, -0.2) is 16.7 Å². The van der Waals surface area contributed by atoms with Gasteiger partial charge in [-0.2, -0.15) is 0 Å². The molecule has 18 heavy (non-hydrogen) atoms. The standard InChI is InChI=1S/C12H15NO5/c1-8-5-6-9(13(15)16)7-10(8)17-11(14)18-12(2,3)4/h5-7H,1-4H3. The molecule has 0 aliphatic heterocycles. The normalized spacial score (nSPS) is 10.9. The molecule has 1 aromatic rings. The van der Waals surface area contributed by atoms with Gasteiger partial charge in [-0.1, -0.05) is 0 Å². The highest BCUT2D eigenvalue weighted by Crippen LogP contribution is 2.24. The van der Waals surface area contributed by atoms with Gasteiger partial charge in [0.05, 0.1) is 11.0 Å². The van der Waals surface area contributed by atoms with Crippen molar-refractivity contribution in [2.45, 2.75) is 33.3 Å². The Morgan fingerprint density at radius 1 is 1.33 bits per heavy atom. The van der Waals surface area contributed by atoms with E-state index in [0.717, 1.165) is 0 Å². The van der Waals surface area contributed by atoms with Crippen molar-refractivity contribution in [1.82, 2.24) is 0 Å². The molecule has 0 fully saturated rings. The quantitative estimate of drug-likeness (QED) is 0.350. The molecular formula is C12H15NO5. The van der Waals surface area contributed by atoms with Crippen LogP contribution in [0.5, 0.6) is 5.75 Å². The fourth-order valence-electron chi connectivity index (χ4n) is 1.17. The summed E-state index contributed by atoms with van der Waals surface area (Å²) < 4.78 is 9.91. The molecule has 0 aromatic heterocycles. The van der Waals surface area contributed by atoms with Crippen molar-refractivity contribution in [2.24, 2.45) is 0 Å². The number of carbonyl (C=O) groups excluding carboxylic acids is 1. The van der Waals surface area contributed by atoms with E-state index < -0.39 is 16.7 Å². The van der Waals surface area contributed by atoms with Crippen LogP contribution in [-0.2, 0) is 4.74 Å². The van der Waals surface area contributed by atoms with Gasteiger partial charge in [0.15, 0.2) is 0 Å². The number of benzene rings is 1. The predicted octanol–water partition coefficient (Wildman–Crippen LogP) is 3.22. The maximum absolute atomic E-state index is 11.4. The van der Waals surface area contributed by atoms with Crippen LogP contribution in [0.2, 0.25) is 0 Å². The average Bonchev–Trinajstić information content (AvgIpc) is 2.18. The van der Waals surface area contributed by atoms with Crippen LogP contribution in [0.1, 0.15) is 26.3 Å². The second-order valence-electron chi connectivity index (χ2n) is 4.77. The topological polar surface area (TPSA) is 78.7 Å². The second-order valence-corrected chi connectivity index (χ2v) is 4.77. The van der Waals surface area contributed by atoms with Gasteiger partial charge in [0.1, 0.15) is 11.4 Å². The molecule has 0 atom stereocenters. The lowest BCUT2D eigenvalue weighted by molar-refractivity contribution is -0.384. The number of nitro groups is 1. The Morgan fingerprint density at radius 2 is 1.94 bits per heavy atom. The first-order valence-electron chi connectivity index (χ1n) is 5.35. The number of hydrogen-bond acceptors (Lipinski definition) is 5. The molecule has 0 spiro atoms. The number of hydrogen-bond donors (Lipinski definition) is 0. The molecule has 1 rings (SSSR count). The first-order chi connectivity index (χ1) is 8.19. The van der Waals surface area contributed by atoms with Crippen LogP contribution in [0, 0.1) is 17.0 Å². The lowest BCUT2D eigenvalue weighted by Gasteiger charge is -2.19. The zero-order valence-corrected chi connectivity index (χ0v) is 10.7. The monoisotopic (exact) mass is 253 g/mol. The Bertz CT molecular complexity index is 476. The highest BCUT2D eigenvalue weighted by molar-refractivity contribution is 5.65. The average molecular weight is 253 g/mol. The first kappa shape index (κ1) is 14.0. The van der Waals surface area contributed by atoms with Crippen molar-refractivity contribution >= 4 is 11.8 Å². The van der Waals surface area contributed by atoms with Gasteiger partial charge in [0.2, 0.25) is 0 Å². The molecular weight excluding hydrogens is 238 g/mol. The molecule has 0 amide bonds. The molecule has 1 aromatic carbocycles. The van der Waals surface area contributed by atoms with Crippen molar-refractivity contribution in [3.8, 4) is 5.75 Å². The smallest absolute Gasteiger partial charge is 0.428 e. The van der Waals surface area contributed by atoms with E-state index in [-0.39, 0.29) is 11.4 Å². The van der Waals surface area contributed by atoms with Crippen LogP contribution < -0.4 is 4.74 Å². The summed E-state index contributed by atoms with van der Waals surface area (Å²) in [6, 6.07) is 4.05. The van der Waals surface area contributed by atoms with Gasteiger partial charge in [-0.05, 0) is 39.3 Å². The number of rotatable bonds is 2. The third-order valence-corrected chi connectivity index (χ3v) is 1.97. The summed E-state index contributed by atoms with van der Waals surface area (Å²) in [5.74, 6) is 0.124. The van der Waals surface area contributed by atoms with E-state index in [2.05, 4.69) is 0 Å². The molecule has 0 aliphatic rings. The van der Waals surface area contributed by atoms with Crippen molar-refractivity contribution < 1.29 is 19.2 Å². The number of nitro benzene ring substituents is 1. The van der Waals surface area contributed by atoms with Gasteiger partial charge in [-0.3, -0.25) is 10.1 Å². The van der Waals surface area contributed by atoms with E-state index >= 15 is 0 Å². The molecule has 0 aliphatic carbocycles. The van der Waals surface area contributed by atoms with Crippen LogP contribution in [0.15, 0.2) is 18.2 Å². The van der Waals surface area contributed by atoms with E-state index in [1.165, 1.54) is 18.2 Å². The van der Waals surface area contributed by atoms with E-state index in [4.69, 9.17) is 9.47 Å². The largest absolute Gasteiger partial charge is 0.514 e. The lowest BCUT2D eigenvalue weighted by Crippen LogP contribution is -2.26. The van der Waals surface area contributed by atoms with Crippen molar-refractivity contribution in [3.05, 3.63) is 33.9 Å². The Kier molecular flexibility index (Phi) is 3.90. The third-order valence-electron chi connectivity index (χ3n) is 1.97. The van der Waals surface area contributed by atoms with Gasteiger partial charge in [0, 0.05) is 6.07 Å². The summed E-state index contributed by atoms with van der Waals surface area (Å²) in [4.78, 5) is 21.5. The summed E-state index contributed by atoms with van der Waals surface area (Å²) >= 11 is 0. The molecule has 0 N–H and O–H groups in total. The van der Waals surface area contributed by atoms with E-state index in [1.54, 1.807) is 27.7 Å². The maximum atomic E-state index is 11.4. The van der Waals surface area contributed by atoms with E-state index in [0.29, 0.717) is 5.56 Å². The minimum Gasteiger partial charge on any atom is -0.428 e. The van der Waals surface area contributed by atoms with Gasteiger partial charge in [-0.15, -0.1) is 0 Å². The Labute approximate surface area is 105 Å². The number of ether oxygens (including phenoxy) is 2. The molecule has 6 nitrogen and oxygen atoms in total. The molecule has 0 unspecified atom stereocenters. The van der Waals surface area contributed by atoms with Crippen molar-refractivity contribution in [1.29, 1.82) is 0 Å². The molecule has 0 heterocycles. The van der Waals surface area contributed by atoms with Crippen LogP contribution >= 0.6 is 0 Å². The molecule has 0 bridgehead atoms. The van der Waals surface area contributed by atoms with Crippen molar-refractivity contribution in [2.75, 3.05) is 0 Å². The summed E-state index contributed by atoms with van der Waals surface area (Å²) in [7, 11) is 0. The first-order valence-corrected chi connectivity index (χ1v) is 5.35. The minimum atomic E-state index is -0.883. The minimum absolute atomic E-state index is 0.124. The fourth-order valence-corrected chi connectivity index (χ4v) is 1.17. The highest BCUT2D eigenvalue weighted by Gasteiger charge is 2.19. The van der Waals surface area contributed by atoms with Crippen LogP contribution in [0.3, 0.4) is 0 Å².